The molecule has 0 aromatic carbocycles. The molecule has 0 radical (unpaired) electrons. The molecule has 2 unspecified atom stereocenters. The number of nitriles is 1. The Morgan fingerprint density at radius 1 is 1.75 bits per heavy atom. The van der Waals surface area contributed by atoms with Gasteiger partial charge in [-0.1, -0.05) is 0 Å². The van der Waals surface area contributed by atoms with Crippen molar-refractivity contribution in [3.8, 4) is 6.19 Å². The molecule has 66 valence electrons. The van der Waals surface area contributed by atoms with Crippen LogP contribution in [-0.2, 0) is 4.79 Å². The van der Waals surface area contributed by atoms with Crippen LogP contribution in [0.2, 0.25) is 0 Å². The summed E-state index contributed by atoms with van der Waals surface area (Å²) >= 11 is 0. The van der Waals surface area contributed by atoms with Gasteiger partial charge >= 0.3 is 0 Å². The molecule has 1 fully saturated rings. The molecule has 2 atom stereocenters. The van der Waals surface area contributed by atoms with E-state index in [0.29, 0.717) is 0 Å². The van der Waals surface area contributed by atoms with Gasteiger partial charge < -0.3 is 5.32 Å². The Balaban J connectivity index is 2.49. The normalized spacial score (nSPS) is 29.0. The molecule has 1 saturated heterocycles. The lowest BCUT2D eigenvalue weighted by Crippen LogP contribution is -2.45. The van der Waals surface area contributed by atoms with Crippen LogP contribution in [0.25, 0.3) is 0 Å². The maximum Gasteiger partial charge on any atom is 0.237 e. The van der Waals surface area contributed by atoms with Gasteiger partial charge in [0.25, 0.3) is 0 Å². The fraction of sp³-hybridized carbons (Fsp3) is 0.750. The van der Waals surface area contributed by atoms with Gasteiger partial charge in [0.05, 0.1) is 5.92 Å². The largest absolute Gasteiger partial charge is 0.313 e. The first-order valence-electron chi connectivity index (χ1n) is 4.18. The lowest BCUT2D eigenvalue weighted by atomic mass is 9.91. The van der Waals surface area contributed by atoms with E-state index in [1.807, 2.05) is 6.92 Å². The van der Waals surface area contributed by atoms with E-state index in [4.69, 9.17) is 5.26 Å². The number of carbonyl (C=O) groups excluding carboxylic acids is 1. The van der Waals surface area contributed by atoms with E-state index in [-0.39, 0.29) is 17.9 Å². The number of hydrogen-bond acceptors (Lipinski definition) is 3. The van der Waals surface area contributed by atoms with Crippen molar-refractivity contribution in [3.05, 3.63) is 0 Å². The number of nitrogens with one attached hydrogen (secondary N) is 2. The second-order valence-corrected chi connectivity index (χ2v) is 3.09. The zero-order valence-electron chi connectivity index (χ0n) is 7.13. The number of nitrogens with zero attached hydrogens (tertiary/aromatic N) is 1. The predicted molar refractivity (Wildman–Crippen MR) is 43.9 cm³/mol. The highest BCUT2D eigenvalue weighted by molar-refractivity contribution is 5.80. The fourth-order valence-corrected chi connectivity index (χ4v) is 1.55. The van der Waals surface area contributed by atoms with Crippen molar-refractivity contribution in [1.29, 1.82) is 5.26 Å². The van der Waals surface area contributed by atoms with Crippen LogP contribution in [0.15, 0.2) is 0 Å². The Labute approximate surface area is 71.9 Å². The first kappa shape index (κ1) is 9.01. The van der Waals surface area contributed by atoms with E-state index in [9.17, 15) is 4.79 Å². The maximum atomic E-state index is 11.2. The molecule has 2 N–H and O–H groups in total. The summed E-state index contributed by atoms with van der Waals surface area (Å²) in [6.45, 7) is 2.94. The minimum absolute atomic E-state index is 0.0431. The third kappa shape index (κ3) is 1.95. The number of amides is 1. The monoisotopic (exact) mass is 167 g/mol. The molecule has 1 aliphatic heterocycles. The smallest absolute Gasteiger partial charge is 0.237 e. The average Bonchev–Trinajstić information content (AvgIpc) is 2.05. The standard InChI is InChI=1S/C8H13N3O/c1-6-7(3-2-4-10-6)8(12)11-5-9/h6-7,10H,2-4H2,1H3,(H,11,12). The van der Waals surface area contributed by atoms with Gasteiger partial charge in [-0.3, -0.25) is 10.1 Å². The third-order valence-corrected chi connectivity index (χ3v) is 2.28. The van der Waals surface area contributed by atoms with Gasteiger partial charge in [-0.05, 0) is 26.3 Å². The first-order valence-corrected chi connectivity index (χ1v) is 4.18. The number of hydrogen-bond donors (Lipinski definition) is 2. The summed E-state index contributed by atoms with van der Waals surface area (Å²) in [5.74, 6) is -0.199. The molecular weight excluding hydrogens is 154 g/mol. The summed E-state index contributed by atoms with van der Waals surface area (Å²) in [4.78, 5) is 11.2. The Hall–Kier alpha value is -1.08. The molecule has 12 heavy (non-hydrogen) atoms. The molecule has 0 spiro atoms. The van der Waals surface area contributed by atoms with Crippen LogP contribution < -0.4 is 10.6 Å². The van der Waals surface area contributed by atoms with Crippen molar-refractivity contribution in [3.63, 3.8) is 0 Å². The van der Waals surface area contributed by atoms with Crippen molar-refractivity contribution in [2.24, 2.45) is 5.92 Å². The average molecular weight is 167 g/mol. The van der Waals surface area contributed by atoms with Gasteiger partial charge in [0, 0.05) is 6.04 Å². The van der Waals surface area contributed by atoms with E-state index in [1.165, 1.54) is 0 Å². The summed E-state index contributed by atoms with van der Waals surface area (Å²) in [5.41, 5.74) is 0. The highest BCUT2D eigenvalue weighted by atomic mass is 16.1. The minimum Gasteiger partial charge on any atom is -0.313 e. The van der Waals surface area contributed by atoms with Crippen molar-refractivity contribution < 1.29 is 4.79 Å². The van der Waals surface area contributed by atoms with E-state index in [0.717, 1.165) is 19.4 Å². The van der Waals surface area contributed by atoms with Crippen molar-refractivity contribution in [1.82, 2.24) is 10.6 Å². The zero-order valence-corrected chi connectivity index (χ0v) is 7.13. The number of rotatable bonds is 1. The van der Waals surface area contributed by atoms with Gasteiger partial charge in [-0.25, -0.2) is 0 Å². The summed E-state index contributed by atoms with van der Waals surface area (Å²) in [6, 6.07) is 0.187. The predicted octanol–water partition coefficient (Wildman–Crippen LogP) is -0.0282. The SMILES string of the molecule is CC1NCCCC1C(=O)NC#N. The van der Waals surface area contributed by atoms with Crippen LogP contribution >= 0.6 is 0 Å². The molecule has 1 rings (SSSR count). The van der Waals surface area contributed by atoms with Gasteiger partial charge in [-0.2, -0.15) is 5.26 Å². The quantitative estimate of drug-likeness (QED) is 0.426. The van der Waals surface area contributed by atoms with Crippen LogP contribution in [0, 0.1) is 17.4 Å². The molecule has 0 bridgehead atoms. The van der Waals surface area contributed by atoms with Crippen LogP contribution in [0.5, 0.6) is 0 Å². The highest BCUT2D eigenvalue weighted by Crippen LogP contribution is 2.15. The molecule has 0 aromatic rings. The molecule has 0 aromatic heterocycles. The summed E-state index contributed by atoms with van der Waals surface area (Å²) in [5, 5.41) is 13.6. The Morgan fingerprint density at radius 3 is 3.08 bits per heavy atom. The Bertz CT molecular complexity index is 209. The first-order chi connectivity index (χ1) is 5.75. The molecule has 0 saturated carbocycles. The van der Waals surface area contributed by atoms with E-state index < -0.39 is 0 Å². The summed E-state index contributed by atoms with van der Waals surface area (Å²) in [7, 11) is 0. The summed E-state index contributed by atoms with van der Waals surface area (Å²) in [6.07, 6.45) is 3.54. The van der Waals surface area contributed by atoms with Gasteiger partial charge in [0.1, 0.15) is 0 Å². The summed E-state index contributed by atoms with van der Waals surface area (Å²) < 4.78 is 0. The zero-order chi connectivity index (χ0) is 8.97. The van der Waals surface area contributed by atoms with Gasteiger partial charge in [0.15, 0.2) is 6.19 Å². The molecule has 1 amide bonds. The molecular formula is C8H13N3O. The van der Waals surface area contributed by atoms with Crippen LogP contribution in [-0.4, -0.2) is 18.5 Å². The molecule has 4 nitrogen and oxygen atoms in total. The topological polar surface area (TPSA) is 64.9 Å². The molecule has 1 heterocycles. The van der Waals surface area contributed by atoms with E-state index in [1.54, 1.807) is 6.19 Å². The molecule has 4 heteroatoms. The van der Waals surface area contributed by atoms with Crippen molar-refractivity contribution in [2.75, 3.05) is 6.54 Å². The lowest BCUT2D eigenvalue weighted by Gasteiger charge is -2.27. The molecule has 0 aliphatic carbocycles. The van der Waals surface area contributed by atoms with E-state index in [2.05, 4.69) is 10.6 Å². The number of carbonyl (C=O) groups is 1. The van der Waals surface area contributed by atoms with Crippen molar-refractivity contribution >= 4 is 5.91 Å². The highest BCUT2D eigenvalue weighted by Gasteiger charge is 2.26. The Morgan fingerprint density at radius 2 is 2.50 bits per heavy atom. The van der Waals surface area contributed by atoms with E-state index >= 15 is 0 Å². The second-order valence-electron chi connectivity index (χ2n) is 3.09. The number of piperidine rings is 1. The van der Waals surface area contributed by atoms with Crippen molar-refractivity contribution in [2.45, 2.75) is 25.8 Å². The fourth-order valence-electron chi connectivity index (χ4n) is 1.55. The van der Waals surface area contributed by atoms with Crippen LogP contribution in [0.1, 0.15) is 19.8 Å². The third-order valence-electron chi connectivity index (χ3n) is 2.28. The lowest BCUT2D eigenvalue weighted by molar-refractivity contribution is -0.125. The Kier molecular flexibility index (Phi) is 3.06. The second kappa shape index (κ2) is 4.07. The van der Waals surface area contributed by atoms with Gasteiger partial charge in [-0.15, -0.1) is 0 Å². The minimum atomic E-state index is -0.155. The maximum absolute atomic E-state index is 11.2. The van der Waals surface area contributed by atoms with Crippen LogP contribution in [0.4, 0.5) is 0 Å². The van der Waals surface area contributed by atoms with Crippen LogP contribution in [0.3, 0.4) is 0 Å². The van der Waals surface area contributed by atoms with Gasteiger partial charge in [0.2, 0.25) is 5.91 Å². The molecule has 1 aliphatic rings.